The highest BCUT2D eigenvalue weighted by atomic mass is 16.6. The van der Waals surface area contributed by atoms with E-state index in [1.807, 2.05) is 48.2 Å². The fourth-order valence-electron chi connectivity index (χ4n) is 7.89. The smallest absolute Gasteiger partial charge is 0.410 e. The Balaban J connectivity index is 1.16. The van der Waals surface area contributed by atoms with E-state index < -0.39 is 0 Å². The Kier molecular flexibility index (Phi) is 9.60. The standard InChI is InChI=1S/C33H52N4O3/c1-4-5-13-27-25-37(24-26-11-7-6-8-12-26)32(39)40-33(27)18-22-35(23-19-33)28-16-20-36(21-17-28)31(38)29-14-9-10-15-30(29)34(2)3/h9-10,14-15,26-28H,4-8,11-13,16-25H2,1-3H3. The predicted octanol–water partition coefficient (Wildman–Crippen LogP) is 6.03. The molecule has 1 saturated carbocycles. The molecule has 1 aromatic carbocycles. The molecule has 1 unspecified atom stereocenters. The van der Waals surface area contributed by atoms with Gasteiger partial charge in [0.25, 0.3) is 5.91 Å². The molecular weight excluding hydrogens is 500 g/mol. The van der Waals surface area contributed by atoms with Crippen molar-refractivity contribution >= 4 is 17.7 Å². The lowest BCUT2D eigenvalue weighted by molar-refractivity contribution is -0.127. The number of ether oxygens (including phenoxy) is 1. The minimum absolute atomic E-state index is 0.0587. The number of benzene rings is 1. The molecular formula is C33H52N4O3. The van der Waals surface area contributed by atoms with Crippen LogP contribution in [0.2, 0.25) is 0 Å². The summed E-state index contributed by atoms with van der Waals surface area (Å²) in [4.78, 5) is 35.4. The highest BCUT2D eigenvalue weighted by molar-refractivity contribution is 5.99. The van der Waals surface area contributed by atoms with E-state index in [1.54, 1.807) is 0 Å². The molecule has 0 N–H and O–H groups in total. The molecule has 3 saturated heterocycles. The molecule has 4 aliphatic rings. The first-order chi connectivity index (χ1) is 19.4. The molecule has 0 bridgehead atoms. The van der Waals surface area contributed by atoms with Crippen LogP contribution < -0.4 is 4.90 Å². The average molecular weight is 553 g/mol. The number of rotatable bonds is 8. The first-order valence-electron chi connectivity index (χ1n) is 16.2. The molecule has 3 heterocycles. The van der Waals surface area contributed by atoms with Gasteiger partial charge in [0.1, 0.15) is 5.60 Å². The van der Waals surface area contributed by atoms with Crippen molar-refractivity contribution in [1.82, 2.24) is 14.7 Å². The van der Waals surface area contributed by atoms with E-state index in [0.717, 1.165) is 82.6 Å². The zero-order valence-corrected chi connectivity index (χ0v) is 25.3. The van der Waals surface area contributed by atoms with Crippen LogP contribution in [0.1, 0.15) is 94.3 Å². The SMILES string of the molecule is CCCCC1CN(CC2CCCCC2)C(=O)OC12CCN(C1CCN(C(=O)c3ccccc3N(C)C)CC1)CC2. The van der Waals surface area contributed by atoms with Crippen LogP contribution in [0.3, 0.4) is 0 Å². The summed E-state index contributed by atoms with van der Waals surface area (Å²) in [6.45, 7) is 7.61. The third-order valence-corrected chi connectivity index (χ3v) is 10.4. The highest BCUT2D eigenvalue weighted by Crippen LogP contribution is 2.42. The molecule has 0 radical (unpaired) electrons. The normalized spacial score (nSPS) is 24.8. The Morgan fingerprint density at radius 1 is 1.00 bits per heavy atom. The number of likely N-dealkylation sites (tertiary alicyclic amines) is 2. The van der Waals surface area contributed by atoms with Gasteiger partial charge in [-0.2, -0.15) is 0 Å². The van der Waals surface area contributed by atoms with Crippen molar-refractivity contribution < 1.29 is 14.3 Å². The number of hydrogen-bond acceptors (Lipinski definition) is 5. The van der Waals surface area contributed by atoms with E-state index in [1.165, 1.54) is 44.9 Å². The summed E-state index contributed by atoms with van der Waals surface area (Å²) in [7, 11) is 3.98. The number of carbonyl (C=O) groups is 2. The Labute approximate surface area is 242 Å². The van der Waals surface area contributed by atoms with Crippen LogP contribution in [0.4, 0.5) is 10.5 Å². The molecule has 1 spiro atoms. The number of piperidine rings is 2. The van der Waals surface area contributed by atoms with Gasteiger partial charge in [0.15, 0.2) is 0 Å². The zero-order valence-electron chi connectivity index (χ0n) is 25.3. The van der Waals surface area contributed by atoms with Gasteiger partial charge < -0.3 is 19.4 Å². The largest absolute Gasteiger partial charge is 0.442 e. The predicted molar refractivity (Wildman–Crippen MR) is 161 cm³/mol. The van der Waals surface area contributed by atoms with Gasteiger partial charge in [-0.3, -0.25) is 9.69 Å². The summed E-state index contributed by atoms with van der Waals surface area (Å²) in [5.41, 5.74) is 1.48. The van der Waals surface area contributed by atoms with Gasteiger partial charge in [-0.15, -0.1) is 0 Å². The summed E-state index contributed by atoms with van der Waals surface area (Å²) >= 11 is 0. The third-order valence-electron chi connectivity index (χ3n) is 10.4. The maximum atomic E-state index is 13.3. The maximum Gasteiger partial charge on any atom is 0.410 e. The number of para-hydroxylation sites is 1. The summed E-state index contributed by atoms with van der Waals surface area (Å²) in [5.74, 6) is 1.23. The molecule has 222 valence electrons. The lowest BCUT2D eigenvalue weighted by Gasteiger charge is -2.52. The monoisotopic (exact) mass is 552 g/mol. The second kappa shape index (κ2) is 13.1. The molecule has 4 fully saturated rings. The van der Waals surface area contributed by atoms with E-state index in [-0.39, 0.29) is 17.6 Å². The zero-order chi connectivity index (χ0) is 28.1. The van der Waals surface area contributed by atoms with Crippen LogP contribution in [-0.2, 0) is 4.74 Å². The Bertz CT molecular complexity index is 991. The van der Waals surface area contributed by atoms with Crippen molar-refractivity contribution in [2.24, 2.45) is 11.8 Å². The van der Waals surface area contributed by atoms with E-state index in [0.29, 0.717) is 17.9 Å². The fraction of sp³-hybridized carbons (Fsp3) is 0.758. The summed E-state index contributed by atoms with van der Waals surface area (Å²) in [6.07, 6.45) is 13.9. The van der Waals surface area contributed by atoms with E-state index in [4.69, 9.17) is 4.74 Å². The van der Waals surface area contributed by atoms with E-state index >= 15 is 0 Å². The molecule has 0 aromatic heterocycles. The minimum Gasteiger partial charge on any atom is -0.442 e. The van der Waals surface area contributed by atoms with Gasteiger partial charge in [-0.05, 0) is 50.2 Å². The number of hydrogen-bond donors (Lipinski definition) is 0. The van der Waals surface area contributed by atoms with Gasteiger partial charge in [0.2, 0.25) is 0 Å². The van der Waals surface area contributed by atoms with Crippen LogP contribution in [0.15, 0.2) is 24.3 Å². The number of amides is 2. The van der Waals surface area contributed by atoms with Gasteiger partial charge in [0.05, 0.1) is 5.56 Å². The Morgan fingerprint density at radius 3 is 2.38 bits per heavy atom. The second-order valence-electron chi connectivity index (χ2n) is 13.2. The van der Waals surface area contributed by atoms with Crippen molar-refractivity contribution in [1.29, 1.82) is 0 Å². The molecule has 5 rings (SSSR count). The number of carbonyl (C=O) groups excluding carboxylic acids is 2. The number of anilines is 1. The highest BCUT2D eigenvalue weighted by Gasteiger charge is 2.50. The minimum atomic E-state index is -0.293. The number of nitrogens with zero attached hydrogens (tertiary/aromatic N) is 4. The molecule has 1 aliphatic carbocycles. The maximum absolute atomic E-state index is 13.3. The van der Waals surface area contributed by atoms with Crippen molar-refractivity contribution in [3.05, 3.63) is 29.8 Å². The van der Waals surface area contributed by atoms with Crippen molar-refractivity contribution in [3.8, 4) is 0 Å². The molecule has 7 nitrogen and oxygen atoms in total. The molecule has 3 aliphatic heterocycles. The Morgan fingerprint density at radius 2 is 1.70 bits per heavy atom. The first-order valence-corrected chi connectivity index (χ1v) is 16.2. The van der Waals surface area contributed by atoms with E-state index in [9.17, 15) is 9.59 Å². The summed E-state index contributed by atoms with van der Waals surface area (Å²) in [5, 5.41) is 0. The Hall–Kier alpha value is -2.28. The van der Waals surface area contributed by atoms with Gasteiger partial charge in [-0.25, -0.2) is 4.79 Å². The van der Waals surface area contributed by atoms with Crippen LogP contribution >= 0.6 is 0 Å². The lowest BCUT2D eigenvalue weighted by atomic mass is 9.75. The van der Waals surface area contributed by atoms with Crippen LogP contribution in [-0.4, -0.2) is 91.7 Å². The van der Waals surface area contributed by atoms with Gasteiger partial charge >= 0.3 is 6.09 Å². The molecule has 2 amide bonds. The summed E-state index contributed by atoms with van der Waals surface area (Å²) < 4.78 is 6.45. The quantitative estimate of drug-likeness (QED) is 0.394. The average Bonchev–Trinajstić information content (AvgIpc) is 2.98. The first kappa shape index (κ1) is 29.2. The van der Waals surface area contributed by atoms with Crippen molar-refractivity contribution in [3.63, 3.8) is 0 Å². The lowest BCUT2D eigenvalue weighted by Crippen LogP contribution is -2.61. The second-order valence-corrected chi connectivity index (χ2v) is 13.2. The van der Waals surface area contributed by atoms with Crippen molar-refractivity contribution in [2.75, 3.05) is 58.3 Å². The molecule has 7 heteroatoms. The van der Waals surface area contributed by atoms with E-state index in [2.05, 4.69) is 16.7 Å². The van der Waals surface area contributed by atoms with Crippen molar-refractivity contribution in [2.45, 2.75) is 95.6 Å². The topological polar surface area (TPSA) is 56.3 Å². The third kappa shape index (κ3) is 6.45. The molecule has 1 aromatic rings. The number of unbranched alkanes of at least 4 members (excludes halogenated alkanes) is 1. The fourth-order valence-corrected chi connectivity index (χ4v) is 7.89. The van der Waals surface area contributed by atoms with Gasteiger partial charge in [-0.1, -0.05) is 51.2 Å². The molecule has 1 atom stereocenters. The van der Waals surface area contributed by atoms with Crippen LogP contribution in [0, 0.1) is 11.8 Å². The van der Waals surface area contributed by atoms with Gasteiger partial charge in [0, 0.05) is 83.9 Å². The molecule has 40 heavy (non-hydrogen) atoms. The summed E-state index contributed by atoms with van der Waals surface area (Å²) in [6, 6.07) is 8.42. The van der Waals surface area contributed by atoms with Crippen LogP contribution in [0.25, 0.3) is 0 Å². The van der Waals surface area contributed by atoms with Crippen LogP contribution in [0.5, 0.6) is 0 Å².